The molecule has 0 fully saturated rings. The number of hydrogen-bond acceptors (Lipinski definition) is 5. The smallest absolute Gasteiger partial charge is 0.236 e. The fourth-order valence-corrected chi connectivity index (χ4v) is 1.35. The highest BCUT2D eigenvalue weighted by Gasteiger charge is 2.06. The van der Waals surface area contributed by atoms with E-state index in [9.17, 15) is 0 Å². The molecule has 0 aromatic carbocycles. The number of hydrogen-bond donors (Lipinski definition) is 0. The predicted molar refractivity (Wildman–Crippen MR) is 52.3 cm³/mol. The van der Waals surface area contributed by atoms with Crippen LogP contribution in [0.3, 0.4) is 0 Å². The van der Waals surface area contributed by atoms with Crippen molar-refractivity contribution in [1.29, 1.82) is 0 Å². The molecule has 0 saturated carbocycles. The average Bonchev–Trinajstić information content (AvgIpc) is 2.74. The standard InChI is InChI=1S/C9H6N6/c1-2-7-4-14-15(8(7)11-3-1)9-12-5-10-6-13-9/h1-6H. The van der Waals surface area contributed by atoms with E-state index >= 15 is 0 Å². The fourth-order valence-electron chi connectivity index (χ4n) is 1.35. The molecule has 0 amide bonds. The molecule has 0 bridgehead atoms. The van der Waals surface area contributed by atoms with Crippen molar-refractivity contribution in [3.05, 3.63) is 37.2 Å². The summed E-state index contributed by atoms with van der Waals surface area (Å²) in [6.07, 6.45) is 6.30. The first-order valence-corrected chi connectivity index (χ1v) is 4.36. The molecule has 15 heavy (non-hydrogen) atoms. The van der Waals surface area contributed by atoms with Gasteiger partial charge >= 0.3 is 0 Å². The minimum Gasteiger partial charge on any atom is -0.236 e. The summed E-state index contributed by atoms with van der Waals surface area (Å²) in [6.45, 7) is 0. The zero-order chi connectivity index (χ0) is 10.1. The lowest BCUT2D eigenvalue weighted by Crippen LogP contribution is -2.03. The Kier molecular flexibility index (Phi) is 1.64. The van der Waals surface area contributed by atoms with Gasteiger partial charge in [-0.3, -0.25) is 0 Å². The van der Waals surface area contributed by atoms with E-state index in [-0.39, 0.29) is 0 Å². The number of nitrogens with zero attached hydrogens (tertiary/aromatic N) is 6. The molecule has 3 heterocycles. The second-order valence-electron chi connectivity index (χ2n) is 2.91. The molecule has 0 unspecified atom stereocenters. The molecule has 0 atom stereocenters. The molecule has 0 saturated heterocycles. The molecule has 3 aromatic rings. The molecule has 0 aliphatic heterocycles. The third-order valence-electron chi connectivity index (χ3n) is 2.00. The molecule has 0 radical (unpaired) electrons. The van der Waals surface area contributed by atoms with Crippen LogP contribution in [-0.2, 0) is 0 Å². The van der Waals surface area contributed by atoms with E-state index in [1.165, 1.54) is 12.7 Å². The highest BCUT2D eigenvalue weighted by atomic mass is 15.4. The lowest BCUT2D eigenvalue weighted by molar-refractivity contribution is 0.808. The van der Waals surface area contributed by atoms with Gasteiger partial charge in [-0.05, 0) is 12.1 Å². The van der Waals surface area contributed by atoms with Crippen LogP contribution in [0.25, 0.3) is 17.0 Å². The summed E-state index contributed by atoms with van der Waals surface area (Å²) in [6, 6.07) is 3.80. The van der Waals surface area contributed by atoms with Gasteiger partial charge in [0.2, 0.25) is 0 Å². The summed E-state index contributed by atoms with van der Waals surface area (Å²) in [7, 11) is 0. The molecule has 3 rings (SSSR count). The second-order valence-corrected chi connectivity index (χ2v) is 2.91. The summed E-state index contributed by atoms with van der Waals surface area (Å²) >= 11 is 0. The summed E-state index contributed by atoms with van der Waals surface area (Å²) in [4.78, 5) is 16.0. The highest BCUT2D eigenvalue weighted by molar-refractivity contribution is 5.75. The van der Waals surface area contributed by atoms with Crippen LogP contribution < -0.4 is 0 Å². The number of pyridine rings is 1. The van der Waals surface area contributed by atoms with Crippen molar-refractivity contribution in [2.24, 2.45) is 0 Å². The number of rotatable bonds is 1. The van der Waals surface area contributed by atoms with Crippen LogP contribution in [0.4, 0.5) is 0 Å². The Bertz CT molecular complexity index is 588. The Morgan fingerprint density at radius 2 is 1.93 bits per heavy atom. The van der Waals surface area contributed by atoms with Crippen molar-refractivity contribution in [3.8, 4) is 5.95 Å². The van der Waals surface area contributed by atoms with Gasteiger partial charge in [-0.1, -0.05) is 0 Å². The molecule has 6 nitrogen and oxygen atoms in total. The van der Waals surface area contributed by atoms with Crippen LogP contribution in [0.5, 0.6) is 0 Å². The van der Waals surface area contributed by atoms with Gasteiger partial charge in [0.25, 0.3) is 5.95 Å². The predicted octanol–water partition coefficient (Wildman–Crippen LogP) is 0.605. The lowest BCUT2D eigenvalue weighted by Gasteiger charge is -1.97. The van der Waals surface area contributed by atoms with Gasteiger partial charge in [-0.2, -0.15) is 19.7 Å². The Balaban J connectivity index is 2.28. The first-order chi connectivity index (χ1) is 7.45. The van der Waals surface area contributed by atoms with Crippen molar-refractivity contribution in [2.45, 2.75) is 0 Å². The van der Waals surface area contributed by atoms with Gasteiger partial charge in [0.1, 0.15) is 12.7 Å². The Morgan fingerprint density at radius 1 is 1.07 bits per heavy atom. The highest BCUT2D eigenvalue weighted by Crippen LogP contribution is 2.11. The molecule has 0 aliphatic rings. The molecular weight excluding hydrogens is 192 g/mol. The van der Waals surface area contributed by atoms with Crippen molar-refractivity contribution in [3.63, 3.8) is 0 Å². The van der Waals surface area contributed by atoms with Gasteiger partial charge < -0.3 is 0 Å². The third kappa shape index (κ3) is 1.23. The summed E-state index contributed by atoms with van der Waals surface area (Å²) in [5.74, 6) is 0.471. The monoisotopic (exact) mass is 198 g/mol. The van der Waals surface area contributed by atoms with Crippen molar-refractivity contribution < 1.29 is 0 Å². The van der Waals surface area contributed by atoms with E-state index in [4.69, 9.17) is 0 Å². The normalized spacial score (nSPS) is 10.7. The SMILES string of the molecule is c1cnc2c(c1)cnn2-c1ncncn1. The van der Waals surface area contributed by atoms with Crippen LogP contribution in [0.2, 0.25) is 0 Å². The summed E-state index contributed by atoms with van der Waals surface area (Å²) in [5, 5.41) is 5.12. The van der Waals surface area contributed by atoms with Crippen LogP contribution in [0.1, 0.15) is 0 Å². The first kappa shape index (κ1) is 7.98. The Hall–Kier alpha value is -2.37. The molecule has 72 valence electrons. The van der Waals surface area contributed by atoms with Gasteiger partial charge in [0.15, 0.2) is 5.65 Å². The minimum absolute atomic E-state index is 0.471. The molecule has 0 aliphatic carbocycles. The topological polar surface area (TPSA) is 69.4 Å². The van der Waals surface area contributed by atoms with Crippen LogP contribution in [0.15, 0.2) is 37.2 Å². The first-order valence-electron chi connectivity index (χ1n) is 4.36. The van der Waals surface area contributed by atoms with Crippen molar-refractivity contribution in [1.82, 2.24) is 29.7 Å². The van der Waals surface area contributed by atoms with Crippen molar-refractivity contribution in [2.75, 3.05) is 0 Å². The molecule has 3 aromatic heterocycles. The lowest BCUT2D eigenvalue weighted by atomic mass is 10.4. The molecule has 0 spiro atoms. The quantitative estimate of drug-likeness (QED) is 0.572. The number of fused-ring (bicyclic) bond motifs is 1. The summed E-state index contributed by atoms with van der Waals surface area (Å²) < 4.78 is 1.58. The zero-order valence-corrected chi connectivity index (χ0v) is 7.65. The second kappa shape index (κ2) is 3.09. The average molecular weight is 198 g/mol. The third-order valence-corrected chi connectivity index (χ3v) is 2.00. The maximum absolute atomic E-state index is 4.22. The maximum Gasteiger partial charge on any atom is 0.255 e. The van der Waals surface area contributed by atoms with E-state index in [1.54, 1.807) is 17.1 Å². The van der Waals surface area contributed by atoms with Gasteiger partial charge in [-0.15, -0.1) is 0 Å². The van der Waals surface area contributed by atoms with Crippen LogP contribution in [0, 0.1) is 0 Å². The van der Waals surface area contributed by atoms with E-state index in [2.05, 4.69) is 25.0 Å². The van der Waals surface area contributed by atoms with Crippen LogP contribution in [-0.4, -0.2) is 29.7 Å². The van der Waals surface area contributed by atoms with E-state index in [0.29, 0.717) is 5.95 Å². The minimum atomic E-state index is 0.471. The van der Waals surface area contributed by atoms with E-state index < -0.39 is 0 Å². The zero-order valence-electron chi connectivity index (χ0n) is 7.65. The fraction of sp³-hybridized carbons (Fsp3) is 0. The van der Waals surface area contributed by atoms with Gasteiger partial charge in [0.05, 0.1) is 6.20 Å². The molecule has 0 N–H and O–H groups in total. The van der Waals surface area contributed by atoms with Gasteiger partial charge in [0, 0.05) is 11.6 Å². The Morgan fingerprint density at radius 3 is 2.80 bits per heavy atom. The van der Waals surface area contributed by atoms with Crippen LogP contribution >= 0.6 is 0 Å². The number of aromatic nitrogens is 6. The van der Waals surface area contributed by atoms with Gasteiger partial charge in [-0.25, -0.2) is 9.97 Å². The van der Waals surface area contributed by atoms with Crippen molar-refractivity contribution >= 4 is 11.0 Å². The molecule has 6 heteroatoms. The molecular formula is C9H6N6. The largest absolute Gasteiger partial charge is 0.255 e. The van der Waals surface area contributed by atoms with E-state index in [0.717, 1.165) is 11.0 Å². The summed E-state index contributed by atoms with van der Waals surface area (Å²) in [5.41, 5.74) is 0.740. The Labute approximate surface area is 84.7 Å². The maximum atomic E-state index is 4.22. The van der Waals surface area contributed by atoms with E-state index in [1.807, 2.05) is 12.1 Å².